The van der Waals surface area contributed by atoms with Crippen molar-refractivity contribution >= 4 is 52.8 Å². The molecule has 0 aliphatic heterocycles. The Balaban J connectivity index is 2.64. The number of thiophene rings is 3. The minimum absolute atomic E-state index is 1.42. The molecule has 0 saturated carbocycles. The average molecular weight is 210 g/mol. The van der Waals surface area contributed by atoms with Crippen LogP contribution in [0.25, 0.3) is 18.8 Å². The molecule has 0 atom stereocenters. The van der Waals surface area contributed by atoms with Gasteiger partial charge in [-0.15, -0.1) is 34.0 Å². The second kappa shape index (κ2) is 2.31. The monoisotopic (exact) mass is 210 g/mol. The summed E-state index contributed by atoms with van der Waals surface area (Å²) in [6, 6.07) is 4.50. The SMILES string of the molecule is Cc1cc2sc3ccsc3c2s1. The molecule has 3 aromatic rings. The molecular weight excluding hydrogens is 204 g/mol. The molecule has 60 valence electrons. The number of hydrogen-bond donors (Lipinski definition) is 0. The fraction of sp³-hybridized carbons (Fsp3) is 0.111. The van der Waals surface area contributed by atoms with Gasteiger partial charge in [0.15, 0.2) is 0 Å². The first-order chi connectivity index (χ1) is 5.84. The van der Waals surface area contributed by atoms with E-state index in [4.69, 9.17) is 0 Å². The molecule has 0 aromatic carbocycles. The van der Waals surface area contributed by atoms with Crippen LogP contribution in [0.3, 0.4) is 0 Å². The van der Waals surface area contributed by atoms with Crippen molar-refractivity contribution in [2.75, 3.05) is 0 Å². The summed E-state index contributed by atoms with van der Waals surface area (Å²) in [6.07, 6.45) is 0. The molecule has 0 aliphatic rings. The topological polar surface area (TPSA) is 0 Å². The van der Waals surface area contributed by atoms with Crippen molar-refractivity contribution < 1.29 is 0 Å². The quantitative estimate of drug-likeness (QED) is 0.513. The van der Waals surface area contributed by atoms with Gasteiger partial charge in [0.05, 0.1) is 9.40 Å². The Morgan fingerprint density at radius 3 is 2.92 bits per heavy atom. The van der Waals surface area contributed by atoms with Gasteiger partial charge in [0.1, 0.15) is 0 Å². The zero-order valence-electron chi connectivity index (χ0n) is 6.46. The summed E-state index contributed by atoms with van der Waals surface area (Å²) in [5.41, 5.74) is 0. The van der Waals surface area contributed by atoms with Crippen molar-refractivity contribution in [1.29, 1.82) is 0 Å². The minimum Gasteiger partial charge on any atom is -0.141 e. The van der Waals surface area contributed by atoms with E-state index in [2.05, 4.69) is 24.4 Å². The molecule has 3 aromatic heterocycles. The highest BCUT2D eigenvalue weighted by Crippen LogP contribution is 2.41. The van der Waals surface area contributed by atoms with Crippen LogP contribution in [0.1, 0.15) is 4.88 Å². The number of aryl methyl sites for hydroxylation is 1. The van der Waals surface area contributed by atoms with Gasteiger partial charge in [-0.25, -0.2) is 0 Å². The summed E-state index contributed by atoms with van der Waals surface area (Å²) < 4.78 is 5.87. The molecule has 0 fully saturated rings. The predicted molar refractivity (Wildman–Crippen MR) is 59.8 cm³/mol. The fourth-order valence-corrected chi connectivity index (χ4v) is 5.07. The zero-order chi connectivity index (χ0) is 8.13. The maximum atomic E-state index is 2.29. The van der Waals surface area contributed by atoms with E-state index < -0.39 is 0 Å². The molecule has 12 heavy (non-hydrogen) atoms. The second-order valence-electron chi connectivity index (χ2n) is 2.77. The van der Waals surface area contributed by atoms with Gasteiger partial charge in [0.25, 0.3) is 0 Å². The van der Waals surface area contributed by atoms with Gasteiger partial charge in [-0.1, -0.05) is 0 Å². The summed E-state index contributed by atoms with van der Waals surface area (Å²) in [4.78, 5) is 1.42. The minimum atomic E-state index is 1.42. The van der Waals surface area contributed by atoms with Gasteiger partial charge < -0.3 is 0 Å². The Morgan fingerprint density at radius 2 is 2.00 bits per heavy atom. The molecule has 3 heteroatoms. The van der Waals surface area contributed by atoms with Crippen molar-refractivity contribution in [3.8, 4) is 0 Å². The molecule has 0 unspecified atom stereocenters. The third kappa shape index (κ3) is 0.815. The Morgan fingerprint density at radius 1 is 1.08 bits per heavy atom. The second-order valence-corrected chi connectivity index (χ2v) is 6.02. The van der Waals surface area contributed by atoms with Gasteiger partial charge >= 0.3 is 0 Å². The predicted octanol–water partition coefficient (Wildman–Crippen LogP) is 4.49. The lowest BCUT2D eigenvalue weighted by Gasteiger charge is -1.75. The standard InChI is InChI=1S/C9H6S3/c1-5-4-7-9(11-5)8-6(12-7)2-3-10-8/h2-4H,1H3. The first-order valence-corrected chi connectivity index (χ1v) is 6.22. The molecule has 0 saturated heterocycles. The average Bonchev–Trinajstić information content (AvgIpc) is 2.59. The first kappa shape index (κ1) is 7.06. The van der Waals surface area contributed by atoms with Crippen LogP contribution < -0.4 is 0 Å². The van der Waals surface area contributed by atoms with Crippen LogP contribution >= 0.6 is 34.0 Å². The zero-order valence-corrected chi connectivity index (χ0v) is 8.91. The molecule has 3 heterocycles. The summed E-state index contributed by atoms with van der Waals surface area (Å²) in [5, 5.41) is 2.18. The van der Waals surface area contributed by atoms with E-state index in [-0.39, 0.29) is 0 Å². The Labute approximate surface area is 82.1 Å². The van der Waals surface area contributed by atoms with Gasteiger partial charge in [0, 0.05) is 14.3 Å². The van der Waals surface area contributed by atoms with Crippen molar-refractivity contribution in [2.45, 2.75) is 6.92 Å². The van der Waals surface area contributed by atoms with E-state index in [0.29, 0.717) is 0 Å². The number of hydrogen-bond acceptors (Lipinski definition) is 3. The largest absolute Gasteiger partial charge is 0.141 e. The lowest BCUT2D eigenvalue weighted by atomic mass is 10.4. The Bertz CT molecular complexity index is 538. The van der Waals surface area contributed by atoms with Crippen LogP contribution in [-0.4, -0.2) is 0 Å². The maximum absolute atomic E-state index is 2.29. The third-order valence-corrected chi connectivity index (χ3v) is 5.37. The molecule has 0 nitrogen and oxygen atoms in total. The van der Waals surface area contributed by atoms with E-state index in [1.165, 1.54) is 23.7 Å². The van der Waals surface area contributed by atoms with E-state index >= 15 is 0 Å². The molecule has 0 N–H and O–H groups in total. The van der Waals surface area contributed by atoms with E-state index in [1.807, 2.05) is 34.0 Å². The van der Waals surface area contributed by atoms with E-state index in [9.17, 15) is 0 Å². The number of fused-ring (bicyclic) bond motifs is 3. The van der Waals surface area contributed by atoms with E-state index in [1.54, 1.807) is 0 Å². The van der Waals surface area contributed by atoms with Gasteiger partial charge in [-0.2, -0.15) is 0 Å². The summed E-state index contributed by atoms with van der Waals surface area (Å²) in [5.74, 6) is 0. The van der Waals surface area contributed by atoms with Crippen LogP contribution in [0.15, 0.2) is 17.5 Å². The fourth-order valence-electron chi connectivity index (χ4n) is 1.39. The summed E-state index contributed by atoms with van der Waals surface area (Å²) in [7, 11) is 0. The summed E-state index contributed by atoms with van der Waals surface area (Å²) in [6.45, 7) is 2.18. The highest BCUT2D eigenvalue weighted by atomic mass is 32.1. The molecule has 0 spiro atoms. The normalized spacial score (nSPS) is 11.8. The van der Waals surface area contributed by atoms with Gasteiger partial charge in [0.2, 0.25) is 0 Å². The van der Waals surface area contributed by atoms with Crippen LogP contribution in [0.4, 0.5) is 0 Å². The summed E-state index contributed by atoms with van der Waals surface area (Å²) >= 11 is 5.68. The lowest BCUT2D eigenvalue weighted by molar-refractivity contribution is 1.66. The van der Waals surface area contributed by atoms with Crippen molar-refractivity contribution in [3.05, 3.63) is 22.4 Å². The van der Waals surface area contributed by atoms with Gasteiger partial charge in [-0.3, -0.25) is 0 Å². The molecule has 3 rings (SSSR count). The van der Waals surface area contributed by atoms with Crippen molar-refractivity contribution in [1.82, 2.24) is 0 Å². The maximum Gasteiger partial charge on any atom is 0.0632 e. The van der Waals surface area contributed by atoms with Crippen LogP contribution in [0.5, 0.6) is 0 Å². The number of rotatable bonds is 0. The molecule has 0 amide bonds. The molecule has 0 radical (unpaired) electrons. The van der Waals surface area contributed by atoms with Crippen LogP contribution in [0.2, 0.25) is 0 Å². The molecular formula is C9H6S3. The Kier molecular flexibility index (Phi) is 1.36. The van der Waals surface area contributed by atoms with E-state index in [0.717, 1.165) is 0 Å². The molecule has 0 bridgehead atoms. The highest BCUT2D eigenvalue weighted by molar-refractivity contribution is 7.38. The first-order valence-electron chi connectivity index (χ1n) is 3.71. The highest BCUT2D eigenvalue weighted by Gasteiger charge is 2.07. The van der Waals surface area contributed by atoms with Crippen molar-refractivity contribution in [3.63, 3.8) is 0 Å². The smallest absolute Gasteiger partial charge is 0.0632 e. The van der Waals surface area contributed by atoms with Crippen LogP contribution in [0, 0.1) is 6.92 Å². The van der Waals surface area contributed by atoms with Crippen molar-refractivity contribution in [2.24, 2.45) is 0 Å². The third-order valence-electron chi connectivity index (χ3n) is 1.88. The Hall–Kier alpha value is -0.380. The van der Waals surface area contributed by atoms with Gasteiger partial charge in [-0.05, 0) is 24.4 Å². The molecule has 0 aliphatic carbocycles. The lowest BCUT2D eigenvalue weighted by Crippen LogP contribution is -1.46. The van der Waals surface area contributed by atoms with Crippen LogP contribution in [-0.2, 0) is 0 Å².